The van der Waals surface area contributed by atoms with Crippen LogP contribution in [0.15, 0.2) is 0 Å². The van der Waals surface area contributed by atoms with Crippen LogP contribution in [0.4, 0.5) is 0 Å². The zero-order chi connectivity index (χ0) is 14.4. The molecule has 5 saturated carbocycles. The average molecular weight is 286 g/mol. The Morgan fingerprint density at radius 1 is 0.905 bits per heavy atom. The molecule has 0 spiro atoms. The average Bonchev–Trinajstić information content (AvgIpc) is 3.21. The van der Waals surface area contributed by atoms with Crippen LogP contribution >= 0.6 is 0 Å². The third-order valence-electron chi connectivity index (χ3n) is 8.67. The van der Waals surface area contributed by atoms with E-state index in [9.17, 15) is 4.79 Å². The van der Waals surface area contributed by atoms with Crippen molar-refractivity contribution in [1.29, 1.82) is 0 Å². The minimum Gasteiger partial charge on any atom is -0.299 e. The van der Waals surface area contributed by atoms with Crippen LogP contribution in [0.3, 0.4) is 0 Å². The minimum atomic E-state index is 0.101. The van der Waals surface area contributed by atoms with Crippen molar-refractivity contribution in [3.8, 4) is 0 Å². The van der Waals surface area contributed by atoms with Gasteiger partial charge in [0.25, 0.3) is 0 Å². The summed E-state index contributed by atoms with van der Waals surface area (Å²) in [4.78, 5) is 12.7. The lowest BCUT2D eigenvalue weighted by Gasteiger charge is -2.55. The molecule has 9 atom stereocenters. The van der Waals surface area contributed by atoms with Crippen LogP contribution in [0.5, 0.6) is 0 Å². The van der Waals surface area contributed by atoms with Gasteiger partial charge in [-0.25, -0.2) is 0 Å². The van der Waals surface area contributed by atoms with E-state index in [4.69, 9.17) is 0 Å². The Bertz CT molecular complexity index is 482. The zero-order valence-corrected chi connectivity index (χ0v) is 13.7. The maximum atomic E-state index is 12.7. The molecule has 0 aromatic carbocycles. The summed E-state index contributed by atoms with van der Waals surface area (Å²) in [6, 6.07) is 0. The van der Waals surface area contributed by atoms with Crippen LogP contribution in [0.25, 0.3) is 0 Å². The van der Waals surface area contributed by atoms with Crippen molar-refractivity contribution < 1.29 is 4.79 Å². The number of carbonyl (C=O) groups excluding carboxylic acids is 1. The molecule has 0 heterocycles. The van der Waals surface area contributed by atoms with Gasteiger partial charge in [0.1, 0.15) is 5.78 Å². The Morgan fingerprint density at radius 2 is 1.71 bits per heavy atom. The van der Waals surface area contributed by atoms with Gasteiger partial charge in [0, 0.05) is 11.3 Å². The smallest absolute Gasteiger partial charge is 0.142 e. The highest BCUT2D eigenvalue weighted by Crippen LogP contribution is 2.70. The number of hydrogen-bond acceptors (Lipinski definition) is 1. The van der Waals surface area contributed by atoms with Crippen molar-refractivity contribution in [1.82, 2.24) is 0 Å². The molecule has 7 unspecified atom stereocenters. The molecule has 0 aliphatic heterocycles. The predicted molar refractivity (Wildman–Crippen MR) is 83.6 cm³/mol. The summed E-state index contributed by atoms with van der Waals surface area (Å²) >= 11 is 0. The van der Waals surface area contributed by atoms with E-state index in [2.05, 4.69) is 13.8 Å². The molecule has 5 aliphatic rings. The van der Waals surface area contributed by atoms with Crippen LogP contribution in [0, 0.1) is 52.8 Å². The molecule has 0 aromatic rings. The molecule has 0 amide bonds. The van der Waals surface area contributed by atoms with Gasteiger partial charge in [-0.15, -0.1) is 0 Å². The molecule has 5 fully saturated rings. The molecule has 0 saturated heterocycles. The number of hydrogen-bond donors (Lipinski definition) is 0. The van der Waals surface area contributed by atoms with Gasteiger partial charge in [0.05, 0.1) is 0 Å². The summed E-state index contributed by atoms with van der Waals surface area (Å²) in [6.45, 7) is 4.81. The van der Waals surface area contributed by atoms with E-state index in [1.54, 1.807) is 0 Å². The van der Waals surface area contributed by atoms with E-state index in [0.717, 1.165) is 41.4 Å². The van der Waals surface area contributed by atoms with Gasteiger partial charge in [-0.05, 0) is 86.4 Å². The number of ketones is 1. The molecule has 0 aromatic heterocycles. The molecule has 0 radical (unpaired) electrons. The quantitative estimate of drug-likeness (QED) is 0.631. The maximum Gasteiger partial charge on any atom is 0.142 e. The molecular weight excluding hydrogens is 256 g/mol. The summed E-state index contributed by atoms with van der Waals surface area (Å²) in [5, 5.41) is 0. The summed E-state index contributed by atoms with van der Waals surface area (Å²) in [5.74, 6) is 7.71. The van der Waals surface area contributed by atoms with Crippen LogP contribution in [0.1, 0.15) is 65.2 Å². The third kappa shape index (κ3) is 1.61. The molecule has 0 bridgehead atoms. The second kappa shape index (κ2) is 4.15. The standard InChI is InChI=1S/C20H30O/c1-11-3-5-13-12(9-11)4-6-15-14(13)7-8-20(2)18(15)16-10-17(16)19(20)21/h11-18H,3-10H2,1-2H3/t11?,12?,13?,14?,15?,16?,17-,18?,20-/m0/s1. The molecule has 5 aliphatic carbocycles. The van der Waals surface area contributed by atoms with Crippen molar-refractivity contribution in [3.63, 3.8) is 0 Å². The van der Waals surface area contributed by atoms with Gasteiger partial charge in [-0.1, -0.05) is 20.3 Å². The van der Waals surface area contributed by atoms with Gasteiger partial charge in [-0.2, -0.15) is 0 Å². The first-order valence-electron chi connectivity index (χ1n) is 9.64. The topological polar surface area (TPSA) is 17.1 Å². The van der Waals surface area contributed by atoms with Crippen molar-refractivity contribution in [2.45, 2.75) is 65.2 Å². The SMILES string of the molecule is CC1CCC2C(CCC3C2CC[C@]2(C)C(=O)[C@H]4CC4C32)C1. The van der Waals surface area contributed by atoms with Crippen LogP contribution in [0.2, 0.25) is 0 Å². The van der Waals surface area contributed by atoms with Crippen LogP contribution in [-0.4, -0.2) is 5.78 Å². The fourth-order valence-corrected chi connectivity index (χ4v) is 7.75. The molecule has 5 rings (SSSR count). The number of rotatable bonds is 0. The highest BCUT2D eigenvalue weighted by molar-refractivity contribution is 5.92. The molecule has 21 heavy (non-hydrogen) atoms. The molecular formula is C20H30O. The summed E-state index contributed by atoms with van der Waals surface area (Å²) < 4.78 is 0. The van der Waals surface area contributed by atoms with Crippen molar-refractivity contribution >= 4 is 5.78 Å². The Kier molecular flexibility index (Phi) is 2.59. The second-order valence-electron chi connectivity index (χ2n) is 9.60. The first kappa shape index (κ1) is 13.1. The van der Waals surface area contributed by atoms with Gasteiger partial charge in [-0.3, -0.25) is 4.79 Å². The Hall–Kier alpha value is -0.330. The van der Waals surface area contributed by atoms with E-state index in [1.165, 1.54) is 51.4 Å². The monoisotopic (exact) mass is 286 g/mol. The zero-order valence-electron chi connectivity index (χ0n) is 13.7. The van der Waals surface area contributed by atoms with Gasteiger partial charge < -0.3 is 0 Å². The fourth-order valence-electron chi connectivity index (χ4n) is 7.75. The number of Topliss-reactive ketones (excluding diaryl/α,β-unsaturated/α-hetero) is 1. The minimum absolute atomic E-state index is 0.101. The molecule has 1 heteroatoms. The molecule has 0 N–H and O–H groups in total. The highest BCUT2D eigenvalue weighted by atomic mass is 16.1. The Labute approximate surface area is 129 Å². The first-order valence-corrected chi connectivity index (χ1v) is 9.64. The lowest BCUT2D eigenvalue weighted by Crippen LogP contribution is -2.50. The lowest BCUT2D eigenvalue weighted by molar-refractivity contribution is -0.137. The third-order valence-corrected chi connectivity index (χ3v) is 8.67. The van der Waals surface area contributed by atoms with E-state index < -0.39 is 0 Å². The van der Waals surface area contributed by atoms with E-state index in [0.29, 0.717) is 11.7 Å². The first-order chi connectivity index (χ1) is 10.1. The van der Waals surface area contributed by atoms with E-state index >= 15 is 0 Å². The largest absolute Gasteiger partial charge is 0.299 e. The van der Waals surface area contributed by atoms with Gasteiger partial charge >= 0.3 is 0 Å². The Morgan fingerprint density at radius 3 is 2.57 bits per heavy atom. The fraction of sp³-hybridized carbons (Fsp3) is 0.950. The molecule has 116 valence electrons. The number of carbonyl (C=O) groups is 1. The summed E-state index contributed by atoms with van der Waals surface area (Å²) in [6.07, 6.45) is 11.3. The second-order valence-corrected chi connectivity index (χ2v) is 9.60. The number of fused-ring (bicyclic) bond motifs is 7. The van der Waals surface area contributed by atoms with E-state index in [-0.39, 0.29) is 5.41 Å². The van der Waals surface area contributed by atoms with Crippen LogP contribution < -0.4 is 0 Å². The summed E-state index contributed by atoms with van der Waals surface area (Å²) in [5.41, 5.74) is 0.101. The predicted octanol–water partition coefficient (Wildman–Crippen LogP) is 4.70. The van der Waals surface area contributed by atoms with Crippen molar-refractivity contribution in [2.75, 3.05) is 0 Å². The van der Waals surface area contributed by atoms with Crippen molar-refractivity contribution in [2.24, 2.45) is 52.8 Å². The molecule has 1 nitrogen and oxygen atoms in total. The van der Waals surface area contributed by atoms with Gasteiger partial charge in [0.15, 0.2) is 0 Å². The van der Waals surface area contributed by atoms with E-state index in [1.807, 2.05) is 0 Å². The lowest BCUT2D eigenvalue weighted by atomic mass is 9.49. The normalized spacial score (nSPS) is 61.5. The Balaban J connectivity index is 1.45. The maximum absolute atomic E-state index is 12.7. The van der Waals surface area contributed by atoms with Crippen LogP contribution in [-0.2, 0) is 4.79 Å². The summed E-state index contributed by atoms with van der Waals surface area (Å²) in [7, 11) is 0. The highest BCUT2D eigenvalue weighted by Gasteiger charge is 2.69. The van der Waals surface area contributed by atoms with Gasteiger partial charge in [0.2, 0.25) is 0 Å². The van der Waals surface area contributed by atoms with Crippen molar-refractivity contribution in [3.05, 3.63) is 0 Å².